The van der Waals surface area contributed by atoms with Crippen molar-refractivity contribution in [3.8, 4) is 11.4 Å². The number of halogens is 3. The van der Waals surface area contributed by atoms with E-state index in [1.807, 2.05) is 52.4 Å². The topological polar surface area (TPSA) is 55.6 Å². The summed E-state index contributed by atoms with van der Waals surface area (Å²) in [5.74, 6) is 1.19. The van der Waals surface area contributed by atoms with E-state index in [4.69, 9.17) is 9.97 Å². The molecule has 10 heteroatoms. The normalized spacial score (nSPS) is 11.6. The standard InChI is InChI=1S/C29H21F3N5S.Ho/c30-29(31,32)21-12-10-20(11-13-21)16-37-18-34-25-27(33-15-14-19-6-2-1-3-7-19)35-26(36-28(25)37)23-17-38-24-9-5-4-8-22(23)24;/h2-13,17-18H,14-16H2,(H,33,35,36);/q-1;. The molecule has 0 aliphatic heterocycles. The first-order valence-electron chi connectivity index (χ1n) is 12.0. The molecule has 1 N–H and O–H groups in total. The largest absolute Gasteiger partial charge is 0.416 e. The minimum Gasteiger partial charge on any atom is -0.368 e. The number of hydrogen-bond acceptors (Lipinski definition) is 5. The number of rotatable bonds is 7. The molecule has 0 saturated heterocycles. The summed E-state index contributed by atoms with van der Waals surface area (Å²) in [6, 6.07) is 24.1. The van der Waals surface area contributed by atoms with E-state index in [-0.39, 0.29) is 37.7 Å². The van der Waals surface area contributed by atoms with Crippen LogP contribution in [0.3, 0.4) is 0 Å². The molecule has 0 atom stereocenters. The molecule has 3 heterocycles. The van der Waals surface area contributed by atoms with Crippen LogP contribution in [0.5, 0.6) is 0 Å². The van der Waals surface area contributed by atoms with Gasteiger partial charge in [-0.25, -0.2) is 15.0 Å². The summed E-state index contributed by atoms with van der Waals surface area (Å²) in [7, 11) is 0. The van der Waals surface area contributed by atoms with E-state index in [0.29, 0.717) is 41.5 Å². The van der Waals surface area contributed by atoms with Gasteiger partial charge in [0.05, 0.1) is 18.4 Å². The fourth-order valence-electron chi connectivity index (χ4n) is 4.36. The van der Waals surface area contributed by atoms with Gasteiger partial charge in [-0.3, -0.25) is 0 Å². The van der Waals surface area contributed by atoms with Gasteiger partial charge in [0.15, 0.2) is 17.3 Å². The number of nitrogens with zero attached hydrogens (tertiary/aromatic N) is 4. The molecule has 6 aromatic rings. The predicted octanol–water partition coefficient (Wildman–Crippen LogP) is 7.23. The Hall–Kier alpha value is -2.98. The number of nitrogens with one attached hydrogen (secondary N) is 1. The third kappa shape index (κ3) is 5.96. The van der Waals surface area contributed by atoms with Crippen molar-refractivity contribution in [2.45, 2.75) is 19.1 Å². The van der Waals surface area contributed by atoms with E-state index in [1.165, 1.54) is 17.7 Å². The Bertz CT molecular complexity index is 1710. The van der Waals surface area contributed by atoms with Crippen molar-refractivity contribution in [3.63, 3.8) is 0 Å². The van der Waals surface area contributed by atoms with E-state index < -0.39 is 11.7 Å². The summed E-state index contributed by atoms with van der Waals surface area (Å²) in [4.78, 5) is 14.3. The summed E-state index contributed by atoms with van der Waals surface area (Å²) < 4.78 is 42.0. The third-order valence-corrected chi connectivity index (χ3v) is 7.28. The van der Waals surface area contributed by atoms with Crippen molar-refractivity contribution in [2.75, 3.05) is 11.9 Å². The fraction of sp³-hybridized carbons (Fsp3) is 0.138. The monoisotopic (exact) mass is 693 g/mol. The number of imidazole rings is 1. The molecule has 5 nitrogen and oxygen atoms in total. The molecule has 0 fully saturated rings. The molecular formula is C29H21F3HoN5S-. The summed E-state index contributed by atoms with van der Waals surface area (Å²) in [5, 5.41) is 6.54. The molecule has 0 bridgehead atoms. The smallest absolute Gasteiger partial charge is 0.368 e. The van der Waals surface area contributed by atoms with Crippen molar-refractivity contribution < 1.29 is 50.9 Å². The van der Waals surface area contributed by atoms with Crippen molar-refractivity contribution in [3.05, 3.63) is 107 Å². The molecule has 0 amide bonds. The maximum absolute atomic E-state index is 13.0. The molecule has 0 saturated carbocycles. The Kier molecular flexibility index (Phi) is 8.23. The number of fused-ring (bicyclic) bond motifs is 2. The van der Waals surface area contributed by atoms with Gasteiger partial charge in [-0.15, -0.1) is 11.3 Å². The van der Waals surface area contributed by atoms with Crippen molar-refractivity contribution in [2.24, 2.45) is 0 Å². The molecule has 0 aliphatic carbocycles. The van der Waals surface area contributed by atoms with Crippen LogP contribution in [0, 0.1) is 43.8 Å². The number of aromatic nitrogens is 4. The first-order chi connectivity index (χ1) is 18.5. The Morgan fingerprint density at radius 1 is 0.923 bits per heavy atom. The maximum atomic E-state index is 13.0. The van der Waals surface area contributed by atoms with Crippen molar-refractivity contribution in [1.82, 2.24) is 19.5 Å². The fourth-order valence-corrected chi connectivity index (χ4v) is 5.30. The number of anilines is 1. The van der Waals surface area contributed by atoms with Gasteiger partial charge in [-0.2, -0.15) is 49.1 Å². The van der Waals surface area contributed by atoms with Crippen LogP contribution in [0.25, 0.3) is 32.6 Å². The number of hydrogen-bond donors (Lipinski definition) is 1. The SMILES string of the molecule is FC(F)(F)c1ccc(Cn2cnc3c(NCCc4cc[c-]cc4)nc(-c4csc5ccccc45)nc32)cc1.[Ho]. The zero-order valence-electron chi connectivity index (χ0n) is 20.3. The second-order valence-electron chi connectivity index (χ2n) is 8.87. The van der Waals surface area contributed by atoms with Gasteiger partial charge in [0, 0.05) is 65.3 Å². The van der Waals surface area contributed by atoms with E-state index in [2.05, 4.69) is 22.4 Å². The van der Waals surface area contributed by atoms with Gasteiger partial charge in [-0.1, -0.05) is 30.3 Å². The first-order valence-corrected chi connectivity index (χ1v) is 12.9. The average molecular weight is 694 g/mol. The van der Waals surface area contributed by atoms with Crippen molar-refractivity contribution in [1.29, 1.82) is 0 Å². The minimum absolute atomic E-state index is 0. The third-order valence-electron chi connectivity index (χ3n) is 6.31. The molecule has 1 radical (unpaired) electrons. The van der Waals surface area contributed by atoms with Crippen molar-refractivity contribution >= 4 is 38.4 Å². The van der Waals surface area contributed by atoms with Gasteiger partial charge in [0.2, 0.25) is 0 Å². The van der Waals surface area contributed by atoms with E-state index >= 15 is 0 Å². The number of benzene rings is 3. The van der Waals surface area contributed by atoms with Crippen LogP contribution in [-0.2, 0) is 19.1 Å². The molecule has 0 unspecified atom stereocenters. The molecule has 0 spiro atoms. The quantitative estimate of drug-likeness (QED) is 0.142. The maximum Gasteiger partial charge on any atom is 0.416 e. The Balaban J connectivity index is 0.00000308. The zero-order valence-corrected chi connectivity index (χ0v) is 23.1. The number of alkyl halides is 3. The van der Waals surface area contributed by atoms with Crippen LogP contribution in [0.4, 0.5) is 19.0 Å². The molecule has 6 rings (SSSR count). The number of thiophene rings is 1. The summed E-state index contributed by atoms with van der Waals surface area (Å²) in [6.07, 6.45) is -1.92. The van der Waals surface area contributed by atoms with E-state index in [1.54, 1.807) is 17.7 Å². The molecule has 0 aliphatic rings. The summed E-state index contributed by atoms with van der Waals surface area (Å²) in [5.41, 5.74) is 3.38. The zero-order chi connectivity index (χ0) is 26.1. The van der Waals surface area contributed by atoms with Gasteiger partial charge in [0.1, 0.15) is 5.52 Å². The second kappa shape index (κ2) is 11.6. The molecule has 3 aromatic carbocycles. The molecular weight excluding hydrogens is 672 g/mol. The Morgan fingerprint density at radius 2 is 1.69 bits per heavy atom. The summed E-state index contributed by atoms with van der Waals surface area (Å²) >= 11 is 1.63. The second-order valence-corrected chi connectivity index (χ2v) is 9.78. The van der Waals surface area contributed by atoms with Gasteiger partial charge in [-0.05, 0) is 30.2 Å². The Morgan fingerprint density at radius 3 is 2.46 bits per heavy atom. The van der Waals surface area contributed by atoms with Gasteiger partial charge < -0.3 is 9.88 Å². The van der Waals surface area contributed by atoms with Crippen LogP contribution >= 0.6 is 11.3 Å². The molecule has 39 heavy (non-hydrogen) atoms. The summed E-state index contributed by atoms with van der Waals surface area (Å²) in [6.45, 7) is 0.973. The predicted molar refractivity (Wildman–Crippen MR) is 144 cm³/mol. The van der Waals surface area contributed by atoms with Gasteiger partial charge in [0.25, 0.3) is 0 Å². The van der Waals surface area contributed by atoms with Crippen LogP contribution in [0.2, 0.25) is 0 Å². The van der Waals surface area contributed by atoms with Gasteiger partial charge >= 0.3 is 6.18 Å². The first kappa shape index (κ1) is 27.6. The van der Waals surface area contributed by atoms with Crippen LogP contribution in [0.1, 0.15) is 16.7 Å². The Labute approximate surface area is 256 Å². The minimum atomic E-state index is -4.37. The molecule has 201 valence electrons. The van der Waals surface area contributed by atoms with Crippen LogP contribution in [0.15, 0.2) is 84.5 Å². The van der Waals surface area contributed by atoms with Crippen LogP contribution in [-0.4, -0.2) is 26.1 Å². The van der Waals surface area contributed by atoms with E-state index in [0.717, 1.165) is 34.2 Å². The average Bonchev–Trinajstić information content (AvgIpc) is 3.54. The molecule has 3 aromatic heterocycles. The van der Waals surface area contributed by atoms with Crippen LogP contribution < -0.4 is 5.32 Å². The van der Waals surface area contributed by atoms with E-state index in [9.17, 15) is 13.2 Å².